The van der Waals surface area contributed by atoms with Gasteiger partial charge in [-0.25, -0.2) is 0 Å². The summed E-state index contributed by atoms with van der Waals surface area (Å²) in [6.45, 7) is 6.40. The number of amides is 1. The van der Waals surface area contributed by atoms with Gasteiger partial charge in [-0.1, -0.05) is 13.3 Å². The second-order valence-corrected chi connectivity index (χ2v) is 7.61. The maximum atomic E-state index is 12.9. The van der Waals surface area contributed by atoms with E-state index in [4.69, 9.17) is 9.47 Å². The van der Waals surface area contributed by atoms with Gasteiger partial charge in [-0.3, -0.25) is 4.79 Å². The summed E-state index contributed by atoms with van der Waals surface area (Å²) in [4.78, 5) is 15.1. The van der Waals surface area contributed by atoms with Crippen LogP contribution in [0.2, 0.25) is 0 Å². The molecule has 26 heavy (non-hydrogen) atoms. The van der Waals surface area contributed by atoms with Crippen molar-refractivity contribution in [3.05, 3.63) is 24.3 Å². The van der Waals surface area contributed by atoms with Gasteiger partial charge in [0.1, 0.15) is 11.4 Å². The number of benzene rings is 1. The first-order valence-electron chi connectivity index (χ1n) is 9.78. The molecule has 0 radical (unpaired) electrons. The second kappa shape index (κ2) is 9.93. The minimum absolute atomic E-state index is 0.0226. The highest BCUT2D eigenvalue weighted by molar-refractivity contribution is 5.97. The van der Waals surface area contributed by atoms with Gasteiger partial charge in [0.15, 0.2) is 0 Å². The van der Waals surface area contributed by atoms with E-state index < -0.39 is 5.60 Å². The van der Waals surface area contributed by atoms with Crippen LogP contribution in [0.4, 0.5) is 5.69 Å². The standard InChI is InChI=1S/C21H34N2O3/c1-5-26-21(13-6-8-17(2)16-21)20(24)22-18-9-11-19(12-10-18)25-15-7-14-23(3)4/h9-12,17H,5-8,13-16H2,1-4H3,(H,22,24)/t17-,21+/m1/s1. The van der Waals surface area contributed by atoms with Crippen LogP contribution in [0.1, 0.15) is 46.0 Å². The number of anilines is 1. The molecule has 0 spiro atoms. The fraction of sp³-hybridized carbons (Fsp3) is 0.667. The van der Waals surface area contributed by atoms with Gasteiger partial charge in [0.05, 0.1) is 6.61 Å². The lowest BCUT2D eigenvalue weighted by molar-refractivity contribution is -0.147. The molecule has 1 aliphatic rings. The van der Waals surface area contributed by atoms with Crippen LogP contribution in [0.5, 0.6) is 5.75 Å². The second-order valence-electron chi connectivity index (χ2n) is 7.61. The van der Waals surface area contributed by atoms with Crippen molar-refractivity contribution in [2.24, 2.45) is 5.92 Å². The van der Waals surface area contributed by atoms with E-state index in [9.17, 15) is 4.79 Å². The highest BCUT2D eigenvalue weighted by Crippen LogP contribution is 2.36. The third-order valence-electron chi connectivity index (χ3n) is 4.92. The fourth-order valence-corrected chi connectivity index (χ4v) is 3.63. The number of hydrogen-bond donors (Lipinski definition) is 1. The van der Waals surface area contributed by atoms with Crippen LogP contribution in [0.3, 0.4) is 0 Å². The molecular weight excluding hydrogens is 328 g/mol. The van der Waals surface area contributed by atoms with Gasteiger partial charge >= 0.3 is 0 Å². The number of hydrogen-bond acceptors (Lipinski definition) is 4. The van der Waals surface area contributed by atoms with Crippen LogP contribution in [0.25, 0.3) is 0 Å². The Hall–Kier alpha value is -1.59. The van der Waals surface area contributed by atoms with Crippen molar-refractivity contribution in [1.82, 2.24) is 4.90 Å². The summed E-state index contributed by atoms with van der Waals surface area (Å²) in [6, 6.07) is 7.60. The zero-order chi connectivity index (χ0) is 19.0. The number of rotatable bonds is 9. The molecule has 2 rings (SSSR count). The molecule has 1 aliphatic carbocycles. The highest BCUT2D eigenvalue weighted by Gasteiger charge is 2.42. The summed E-state index contributed by atoms with van der Waals surface area (Å²) < 4.78 is 11.7. The smallest absolute Gasteiger partial charge is 0.256 e. The van der Waals surface area contributed by atoms with Crippen LogP contribution < -0.4 is 10.1 Å². The predicted octanol–water partition coefficient (Wildman–Crippen LogP) is 3.94. The molecule has 0 bridgehead atoms. The normalized spacial score (nSPS) is 23.0. The molecule has 5 nitrogen and oxygen atoms in total. The number of nitrogens with zero attached hydrogens (tertiary/aromatic N) is 1. The van der Waals surface area contributed by atoms with Gasteiger partial charge in [0.2, 0.25) is 0 Å². The van der Waals surface area contributed by atoms with Crippen LogP contribution in [-0.2, 0) is 9.53 Å². The minimum atomic E-state index is -0.687. The zero-order valence-electron chi connectivity index (χ0n) is 16.7. The van der Waals surface area contributed by atoms with Crippen LogP contribution >= 0.6 is 0 Å². The lowest BCUT2D eigenvalue weighted by Crippen LogP contribution is -2.48. The highest BCUT2D eigenvalue weighted by atomic mass is 16.5. The first-order valence-corrected chi connectivity index (χ1v) is 9.78. The number of nitrogens with one attached hydrogen (secondary N) is 1. The zero-order valence-corrected chi connectivity index (χ0v) is 16.7. The summed E-state index contributed by atoms with van der Waals surface area (Å²) >= 11 is 0. The predicted molar refractivity (Wildman–Crippen MR) is 106 cm³/mol. The van der Waals surface area contributed by atoms with Crippen LogP contribution in [-0.4, -0.2) is 50.3 Å². The number of ether oxygens (including phenoxy) is 2. The molecule has 0 heterocycles. The van der Waals surface area contributed by atoms with E-state index in [0.717, 1.165) is 43.7 Å². The SMILES string of the molecule is CCO[C@@]1(C(=O)Nc2ccc(OCCCN(C)C)cc2)CCC[C@@H](C)C1. The fourth-order valence-electron chi connectivity index (χ4n) is 3.63. The molecule has 2 atom stereocenters. The van der Waals surface area contributed by atoms with Crippen molar-refractivity contribution in [3.8, 4) is 5.75 Å². The van der Waals surface area contributed by atoms with Gasteiger partial charge in [-0.05, 0) is 76.9 Å². The molecule has 1 fully saturated rings. The Morgan fingerprint density at radius 3 is 2.65 bits per heavy atom. The molecule has 0 aliphatic heterocycles. The average molecular weight is 363 g/mol. The monoisotopic (exact) mass is 362 g/mol. The van der Waals surface area contributed by atoms with E-state index >= 15 is 0 Å². The molecule has 1 aromatic rings. The van der Waals surface area contributed by atoms with Crippen molar-refractivity contribution < 1.29 is 14.3 Å². The molecule has 1 saturated carbocycles. The molecule has 5 heteroatoms. The third kappa shape index (κ3) is 5.99. The number of carbonyl (C=O) groups is 1. The third-order valence-corrected chi connectivity index (χ3v) is 4.92. The van der Waals surface area contributed by atoms with E-state index in [-0.39, 0.29) is 5.91 Å². The lowest BCUT2D eigenvalue weighted by atomic mass is 9.78. The topological polar surface area (TPSA) is 50.8 Å². The van der Waals surface area contributed by atoms with Crippen molar-refractivity contribution in [1.29, 1.82) is 0 Å². The molecule has 1 N–H and O–H groups in total. The largest absolute Gasteiger partial charge is 0.494 e. The first-order chi connectivity index (χ1) is 12.4. The summed E-state index contributed by atoms with van der Waals surface area (Å²) in [6.07, 6.45) is 4.78. The molecule has 1 aromatic carbocycles. The minimum Gasteiger partial charge on any atom is -0.494 e. The Kier molecular flexibility index (Phi) is 7.91. The van der Waals surface area contributed by atoms with Gasteiger partial charge in [-0.15, -0.1) is 0 Å². The van der Waals surface area contributed by atoms with Crippen molar-refractivity contribution in [3.63, 3.8) is 0 Å². The maximum absolute atomic E-state index is 12.9. The van der Waals surface area contributed by atoms with Crippen molar-refractivity contribution in [2.45, 2.75) is 51.6 Å². The molecule has 0 unspecified atom stereocenters. The Morgan fingerprint density at radius 2 is 2.04 bits per heavy atom. The van der Waals surface area contributed by atoms with Crippen LogP contribution in [0, 0.1) is 5.92 Å². The van der Waals surface area contributed by atoms with Gasteiger partial charge in [0, 0.05) is 18.8 Å². The Labute approximate surface area is 158 Å². The molecule has 146 valence electrons. The lowest BCUT2D eigenvalue weighted by Gasteiger charge is -2.38. The summed E-state index contributed by atoms with van der Waals surface area (Å²) in [7, 11) is 4.11. The van der Waals surface area contributed by atoms with Crippen molar-refractivity contribution >= 4 is 11.6 Å². The Bertz CT molecular complexity index is 555. The molecule has 0 saturated heterocycles. The van der Waals surface area contributed by atoms with Crippen LogP contribution in [0.15, 0.2) is 24.3 Å². The van der Waals surface area contributed by atoms with Gasteiger partial charge in [-0.2, -0.15) is 0 Å². The van der Waals surface area contributed by atoms with E-state index in [1.165, 1.54) is 6.42 Å². The van der Waals surface area contributed by atoms with Gasteiger partial charge in [0.25, 0.3) is 5.91 Å². The first kappa shape index (κ1) is 20.7. The molecule has 0 aromatic heterocycles. The number of carbonyl (C=O) groups excluding carboxylic acids is 1. The van der Waals surface area contributed by atoms with Crippen molar-refractivity contribution in [2.75, 3.05) is 39.2 Å². The Balaban J connectivity index is 1.91. The summed E-state index contributed by atoms with van der Waals surface area (Å²) in [5, 5.41) is 3.04. The average Bonchev–Trinajstić information content (AvgIpc) is 2.60. The van der Waals surface area contributed by atoms with E-state index in [1.54, 1.807) is 0 Å². The molecule has 1 amide bonds. The van der Waals surface area contributed by atoms with E-state index in [2.05, 4.69) is 31.2 Å². The summed E-state index contributed by atoms with van der Waals surface area (Å²) in [5.74, 6) is 1.32. The maximum Gasteiger partial charge on any atom is 0.256 e. The quantitative estimate of drug-likeness (QED) is 0.676. The van der Waals surface area contributed by atoms with E-state index in [1.807, 2.05) is 31.2 Å². The molecular formula is C21H34N2O3. The van der Waals surface area contributed by atoms with Gasteiger partial charge < -0.3 is 19.7 Å². The Morgan fingerprint density at radius 1 is 1.31 bits per heavy atom. The summed E-state index contributed by atoms with van der Waals surface area (Å²) in [5.41, 5.74) is 0.0984. The van der Waals surface area contributed by atoms with E-state index in [0.29, 0.717) is 19.1 Å².